The number of halogens is 3. The minimum Gasteiger partial charge on any atom is -0.380 e. The lowest BCUT2D eigenvalue weighted by Gasteiger charge is -2.30. The fraction of sp³-hybridized carbons (Fsp3) is 0.200. The van der Waals surface area contributed by atoms with Gasteiger partial charge in [-0.2, -0.15) is 0 Å². The second-order valence-electron chi connectivity index (χ2n) is 4.73. The Kier molecular flexibility index (Phi) is 3.27. The van der Waals surface area contributed by atoms with Crippen LogP contribution in [0.4, 0.5) is 14.5 Å². The van der Waals surface area contributed by atoms with Crippen LogP contribution in [0.1, 0.15) is 17.0 Å². The first-order chi connectivity index (χ1) is 9.15. The van der Waals surface area contributed by atoms with Crippen LogP contribution in [-0.4, -0.2) is 6.54 Å². The molecule has 1 atom stereocenters. The maximum Gasteiger partial charge on any atom is 0.150 e. The smallest absolute Gasteiger partial charge is 0.150 e. The summed E-state index contributed by atoms with van der Waals surface area (Å²) in [5.74, 6) is -0.808. The van der Waals surface area contributed by atoms with E-state index in [0.717, 1.165) is 6.42 Å². The van der Waals surface area contributed by atoms with Crippen molar-refractivity contribution in [3.05, 3.63) is 63.6 Å². The number of benzene rings is 2. The molecule has 1 nitrogen and oxygen atoms in total. The van der Waals surface area contributed by atoms with Gasteiger partial charge in [0, 0.05) is 16.9 Å². The number of hydrogen-bond donors (Lipinski definition) is 1. The first-order valence-corrected chi connectivity index (χ1v) is 6.90. The van der Waals surface area contributed by atoms with E-state index in [1.165, 1.54) is 23.3 Å². The van der Waals surface area contributed by atoms with E-state index in [9.17, 15) is 8.78 Å². The molecule has 1 aliphatic carbocycles. The van der Waals surface area contributed by atoms with Crippen molar-refractivity contribution in [3.8, 4) is 0 Å². The number of fused-ring (bicyclic) bond motifs is 1. The zero-order valence-electron chi connectivity index (χ0n) is 10.1. The molecule has 98 valence electrons. The minimum atomic E-state index is -0.570. The predicted molar refractivity (Wildman–Crippen MR) is 75.4 cm³/mol. The molecule has 0 radical (unpaired) electrons. The molecule has 2 aromatic rings. The van der Waals surface area contributed by atoms with Crippen LogP contribution in [0.5, 0.6) is 0 Å². The largest absolute Gasteiger partial charge is 0.380 e. The van der Waals surface area contributed by atoms with E-state index >= 15 is 0 Å². The Morgan fingerprint density at radius 1 is 1.16 bits per heavy atom. The maximum atomic E-state index is 13.6. The van der Waals surface area contributed by atoms with Gasteiger partial charge in [-0.15, -0.1) is 0 Å². The van der Waals surface area contributed by atoms with E-state index in [1.54, 1.807) is 0 Å². The molecule has 1 N–H and O–H groups in total. The van der Waals surface area contributed by atoms with Crippen LogP contribution >= 0.6 is 15.9 Å². The van der Waals surface area contributed by atoms with Crippen LogP contribution in [-0.2, 0) is 6.42 Å². The molecule has 1 unspecified atom stereocenters. The molecule has 0 amide bonds. The normalized spacial score (nSPS) is 16.7. The molecule has 2 aromatic carbocycles. The van der Waals surface area contributed by atoms with Crippen molar-refractivity contribution in [1.82, 2.24) is 0 Å². The molecular formula is C15H12BrF2N. The number of anilines is 1. The lowest BCUT2D eigenvalue weighted by molar-refractivity contribution is 0.578. The topological polar surface area (TPSA) is 12.0 Å². The number of hydrogen-bond acceptors (Lipinski definition) is 1. The lowest BCUT2D eigenvalue weighted by atomic mass is 9.77. The highest BCUT2D eigenvalue weighted by Crippen LogP contribution is 2.35. The molecule has 3 rings (SSSR count). The molecule has 0 heterocycles. The van der Waals surface area contributed by atoms with Gasteiger partial charge in [0.25, 0.3) is 0 Å². The third-order valence-corrected chi connectivity index (χ3v) is 3.95. The zero-order valence-corrected chi connectivity index (χ0v) is 11.7. The summed E-state index contributed by atoms with van der Waals surface area (Å²) in [6.45, 7) is 0.548. The molecule has 0 spiro atoms. The second-order valence-corrected chi connectivity index (χ2v) is 5.64. The fourth-order valence-corrected chi connectivity index (χ4v) is 2.88. The molecule has 4 heteroatoms. The molecule has 0 fully saturated rings. The Bertz CT molecular complexity index is 604. The van der Waals surface area contributed by atoms with Crippen LogP contribution < -0.4 is 5.32 Å². The van der Waals surface area contributed by atoms with E-state index in [1.807, 2.05) is 12.1 Å². The van der Waals surface area contributed by atoms with Crippen molar-refractivity contribution in [1.29, 1.82) is 0 Å². The highest BCUT2D eigenvalue weighted by atomic mass is 79.9. The molecule has 0 saturated heterocycles. The van der Waals surface area contributed by atoms with Crippen LogP contribution in [0, 0.1) is 11.6 Å². The highest BCUT2D eigenvalue weighted by Gasteiger charge is 2.25. The Morgan fingerprint density at radius 2 is 1.84 bits per heavy atom. The van der Waals surface area contributed by atoms with Crippen molar-refractivity contribution < 1.29 is 8.78 Å². The summed E-state index contributed by atoms with van der Waals surface area (Å²) < 4.78 is 27.7. The van der Waals surface area contributed by atoms with Gasteiger partial charge in [0.05, 0.1) is 0 Å². The molecule has 0 saturated carbocycles. The van der Waals surface area contributed by atoms with E-state index in [2.05, 4.69) is 33.4 Å². The summed E-state index contributed by atoms with van der Waals surface area (Å²) in [4.78, 5) is 0. The van der Waals surface area contributed by atoms with Gasteiger partial charge in [0.2, 0.25) is 0 Å². The molecule has 0 bridgehead atoms. The van der Waals surface area contributed by atoms with Gasteiger partial charge in [-0.1, -0.05) is 40.2 Å². The van der Waals surface area contributed by atoms with Gasteiger partial charge in [0.15, 0.2) is 0 Å². The minimum absolute atomic E-state index is 0.0485. The highest BCUT2D eigenvalue weighted by molar-refractivity contribution is 9.10. The van der Waals surface area contributed by atoms with Crippen LogP contribution in [0.15, 0.2) is 40.9 Å². The Labute approximate surface area is 118 Å². The molecule has 19 heavy (non-hydrogen) atoms. The molecular weight excluding hydrogens is 312 g/mol. The van der Waals surface area contributed by atoms with Crippen molar-refractivity contribution in [2.75, 3.05) is 11.9 Å². The Balaban J connectivity index is 1.72. The van der Waals surface area contributed by atoms with Gasteiger partial charge < -0.3 is 5.32 Å². The Morgan fingerprint density at radius 3 is 2.53 bits per heavy atom. The molecule has 0 aromatic heterocycles. The van der Waals surface area contributed by atoms with Crippen molar-refractivity contribution in [2.45, 2.75) is 12.3 Å². The average Bonchev–Trinajstić information content (AvgIpc) is 2.33. The first-order valence-electron chi connectivity index (χ1n) is 6.11. The quantitative estimate of drug-likeness (QED) is 0.878. The van der Waals surface area contributed by atoms with Crippen molar-refractivity contribution in [3.63, 3.8) is 0 Å². The van der Waals surface area contributed by atoms with E-state index < -0.39 is 11.6 Å². The summed E-state index contributed by atoms with van der Waals surface area (Å²) in [6, 6.07) is 10.7. The van der Waals surface area contributed by atoms with Crippen LogP contribution in [0.25, 0.3) is 0 Å². The van der Waals surface area contributed by atoms with Crippen molar-refractivity contribution >= 4 is 21.6 Å². The molecule has 0 aliphatic heterocycles. The lowest BCUT2D eigenvalue weighted by Crippen LogP contribution is -2.24. The van der Waals surface area contributed by atoms with Gasteiger partial charge in [-0.05, 0) is 29.7 Å². The third-order valence-electron chi connectivity index (χ3n) is 3.49. The molecule has 1 aliphatic rings. The number of nitrogens with one attached hydrogen (secondary N) is 1. The van der Waals surface area contributed by atoms with E-state index in [4.69, 9.17) is 0 Å². The van der Waals surface area contributed by atoms with Gasteiger partial charge in [0.1, 0.15) is 17.3 Å². The van der Waals surface area contributed by atoms with Gasteiger partial charge >= 0.3 is 0 Å². The van der Waals surface area contributed by atoms with Crippen LogP contribution in [0.2, 0.25) is 0 Å². The zero-order chi connectivity index (χ0) is 13.4. The van der Waals surface area contributed by atoms with E-state index in [-0.39, 0.29) is 5.69 Å². The van der Waals surface area contributed by atoms with E-state index in [0.29, 0.717) is 16.9 Å². The first kappa shape index (κ1) is 12.6. The maximum absolute atomic E-state index is 13.6. The summed E-state index contributed by atoms with van der Waals surface area (Å²) in [6.07, 6.45) is 0.961. The summed E-state index contributed by atoms with van der Waals surface area (Å²) >= 11 is 3.07. The second kappa shape index (κ2) is 4.93. The number of rotatable bonds is 3. The van der Waals surface area contributed by atoms with Gasteiger partial charge in [-0.3, -0.25) is 0 Å². The monoisotopic (exact) mass is 323 g/mol. The summed E-state index contributed by atoms with van der Waals surface area (Å²) in [5, 5.41) is 2.88. The predicted octanol–water partition coefficient (Wildman–Crippen LogP) is 4.48. The SMILES string of the molecule is Fc1cc(Br)cc(F)c1NCC1Cc2ccccc21. The fourth-order valence-electron chi connectivity index (χ4n) is 2.48. The summed E-state index contributed by atoms with van der Waals surface area (Å²) in [5.41, 5.74) is 2.55. The summed E-state index contributed by atoms with van der Waals surface area (Å²) in [7, 11) is 0. The Hall–Kier alpha value is -1.42. The average molecular weight is 324 g/mol. The third kappa shape index (κ3) is 2.37. The van der Waals surface area contributed by atoms with Crippen LogP contribution in [0.3, 0.4) is 0 Å². The van der Waals surface area contributed by atoms with Crippen molar-refractivity contribution in [2.24, 2.45) is 0 Å². The standard InChI is InChI=1S/C15H12BrF2N/c16-11-6-13(17)15(14(18)7-11)19-8-10-5-9-3-1-2-4-12(9)10/h1-4,6-7,10,19H,5,8H2. The van der Waals surface area contributed by atoms with Gasteiger partial charge in [-0.25, -0.2) is 8.78 Å².